The number of carbonyl (C=O) groups excluding carboxylic acids is 1. The molecular weight excluding hydrogens is 250 g/mol. The van der Waals surface area contributed by atoms with Gasteiger partial charge in [0.1, 0.15) is 0 Å². The first-order valence-corrected chi connectivity index (χ1v) is 5.86. The van der Waals surface area contributed by atoms with Crippen molar-refractivity contribution in [3.63, 3.8) is 0 Å². The number of aliphatic hydroxyl groups excluding tert-OH is 2. The maximum absolute atomic E-state index is 12.1. The summed E-state index contributed by atoms with van der Waals surface area (Å²) in [4.78, 5) is 21.5. The van der Waals surface area contributed by atoms with Gasteiger partial charge in [0.15, 0.2) is 0 Å². The van der Waals surface area contributed by atoms with Crippen LogP contribution >= 0.6 is 0 Å². The van der Waals surface area contributed by atoms with E-state index in [0.717, 1.165) is 5.69 Å². The average molecular weight is 265 g/mol. The van der Waals surface area contributed by atoms with Crippen LogP contribution in [0.15, 0.2) is 12.3 Å². The zero-order chi connectivity index (χ0) is 13.8. The second-order valence-corrected chi connectivity index (χ2v) is 3.97. The normalized spacial score (nSPS) is 10.9. The predicted octanol–water partition coefficient (Wildman–Crippen LogP) is -1.14. The molecule has 0 bridgehead atoms. The third-order valence-electron chi connectivity index (χ3n) is 2.65. The molecule has 0 atom stereocenters. The second-order valence-electron chi connectivity index (χ2n) is 3.97. The Morgan fingerprint density at radius 2 is 2.05 bits per heavy atom. The van der Waals surface area contributed by atoms with Crippen LogP contribution in [0.5, 0.6) is 0 Å². The van der Waals surface area contributed by atoms with E-state index in [2.05, 4.69) is 15.1 Å². The van der Waals surface area contributed by atoms with Crippen molar-refractivity contribution in [2.24, 2.45) is 0 Å². The van der Waals surface area contributed by atoms with E-state index < -0.39 is 5.91 Å². The fraction of sp³-hybridized carbons (Fsp3) is 0.455. The van der Waals surface area contributed by atoms with Crippen molar-refractivity contribution in [2.75, 3.05) is 26.3 Å². The van der Waals surface area contributed by atoms with Gasteiger partial charge in [-0.1, -0.05) is 0 Å². The van der Waals surface area contributed by atoms with Crippen molar-refractivity contribution in [3.05, 3.63) is 23.8 Å². The summed E-state index contributed by atoms with van der Waals surface area (Å²) < 4.78 is 1.48. The molecule has 0 aliphatic heterocycles. The Morgan fingerprint density at radius 1 is 1.37 bits per heavy atom. The molecule has 19 heavy (non-hydrogen) atoms. The van der Waals surface area contributed by atoms with Gasteiger partial charge in [-0.3, -0.25) is 4.79 Å². The Bertz CT molecular complexity index is 577. The van der Waals surface area contributed by atoms with Crippen LogP contribution in [0, 0.1) is 6.92 Å². The van der Waals surface area contributed by atoms with Crippen molar-refractivity contribution in [1.29, 1.82) is 0 Å². The average Bonchev–Trinajstić information content (AvgIpc) is 2.83. The molecule has 2 aromatic rings. The zero-order valence-corrected chi connectivity index (χ0v) is 10.5. The number of nitrogens with zero attached hydrogens (tertiary/aromatic N) is 5. The van der Waals surface area contributed by atoms with E-state index in [1.54, 1.807) is 12.3 Å². The second kappa shape index (κ2) is 5.72. The lowest BCUT2D eigenvalue weighted by Gasteiger charge is -2.18. The predicted molar refractivity (Wildman–Crippen MR) is 65.6 cm³/mol. The molecular formula is C11H15N5O3. The smallest absolute Gasteiger partial charge is 0.293 e. The molecule has 0 radical (unpaired) electrons. The van der Waals surface area contributed by atoms with Gasteiger partial charge in [0, 0.05) is 25.0 Å². The summed E-state index contributed by atoms with van der Waals surface area (Å²) in [6.07, 6.45) is 1.59. The van der Waals surface area contributed by atoms with Crippen molar-refractivity contribution < 1.29 is 15.0 Å². The van der Waals surface area contributed by atoms with Crippen LogP contribution < -0.4 is 0 Å². The molecule has 0 aliphatic carbocycles. The number of fused-ring (bicyclic) bond motifs is 1. The van der Waals surface area contributed by atoms with Crippen molar-refractivity contribution >= 4 is 11.7 Å². The lowest BCUT2D eigenvalue weighted by molar-refractivity contribution is 0.0673. The van der Waals surface area contributed by atoms with Crippen LogP contribution in [0.3, 0.4) is 0 Å². The summed E-state index contributed by atoms with van der Waals surface area (Å²) in [5, 5.41) is 21.9. The summed E-state index contributed by atoms with van der Waals surface area (Å²) in [5.41, 5.74) is 0.812. The van der Waals surface area contributed by atoms with E-state index in [0.29, 0.717) is 5.78 Å². The fourth-order valence-corrected chi connectivity index (χ4v) is 1.69. The van der Waals surface area contributed by atoms with Gasteiger partial charge in [0.2, 0.25) is 5.82 Å². The molecule has 2 N–H and O–H groups in total. The number of aryl methyl sites for hydroxylation is 1. The highest BCUT2D eigenvalue weighted by Gasteiger charge is 2.20. The van der Waals surface area contributed by atoms with Gasteiger partial charge in [-0.25, -0.2) is 9.50 Å². The third kappa shape index (κ3) is 2.69. The monoisotopic (exact) mass is 265 g/mol. The van der Waals surface area contributed by atoms with Gasteiger partial charge in [-0.15, -0.1) is 5.10 Å². The van der Waals surface area contributed by atoms with E-state index in [1.807, 2.05) is 6.92 Å². The maximum atomic E-state index is 12.1. The molecule has 0 aromatic carbocycles. The largest absolute Gasteiger partial charge is 0.395 e. The molecule has 1 amide bonds. The Hall–Kier alpha value is -2.06. The highest BCUT2D eigenvalue weighted by molar-refractivity contribution is 5.90. The summed E-state index contributed by atoms with van der Waals surface area (Å²) >= 11 is 0. The minimum atomic E-state index is -0.437. The summed E-state index contributed by atoms with van der Waals surface area (Å²) in [7, 11) is 0. The van der Waals surface area contributed by atoms with E-state index in [9.17, 15) is 4.79 Å². The molecule has 2 heterocycles. The van der Waals surface area contributed by atoms with Gasteiger partial charge in [-0.2, -0.15) is 4.98 Å². The summed E-state index contributed by atoms with van der Waals surface area (Å²) in [6.45, 7) is 1.71. The highest BCUT2D eigenvalue weighted by atomic mass is 16.3. The lowest BCUT2D eigenvalue weighted by atomic mass is 10.4. The Balaban J connectivity index is 2.32. The molecule has 0 aliphatic rings. The first-order valence-electron chi connectivity index (χ1n) is 5.86. The van der Waals surface area contributed by atoms with Crippen molar-refractivity contribution in [3.8, 4) is 0 Å². The molecule has 102 valence electrons. The quantitative estimate of drug-likeness (QED) is 0.708. The van der Waals surface area contributed by atoms with Gasteiger partial charge in [-0.05, 0) is 13.0 Å². The molecule has 0 spiro atoms. The number of hydrogen-bond acceptors (Lipinski definition) is 6. The summed E-state index contributed by atoms with van der Waals surface area (Å²) in [6, 6.07) is 1.76. The van der Waals surface area contributed by atoms with Crippen LogP contribution in [0.2, 0.25) is 0 Å². The van der Waals surface area contributed by atoms with Crippen molar-refractivity contribution in [2.45, 2.75) is 6.92 Å². The van der Waals surface area contributed by atoms with Gasteiger partial charge in [0.25, 0.3) is 11.7 Å². The number of hydrogen-bond donors (Lipinski definition) is 2. The SMILES string of the molecule is Cc1ccnc2nc(C(=O)N(CCO)CCO)nn12. The first kappa shape index (κ1) is 13.4. The number of aromatic nitrogens is 4. The molecule has 0 unspecified atom stereocenters. The minimum Gasteiger partial charge on any atom is -0.395 e. The number of amides is 1. The molecule has 2 rings (SSSR count). The minimum absolute atomic E-state index is 0.00343. The maximum Gasteiger partial charge on any atom is 0.293 e. The lowest BCUT2D eigenvalue weighted by Crippen LogP contribution is -2.36. The Labute approximate surface area is 109 Å². The molecule has 0 saturated heterocycles. The number of rotatable bonds is 5. The molecule has 8 heteroatoms. The standard InChI is InChI=1S/C11H15N5O3/c1-8-2-3-12-11-13-9(14-16(8)11)10(19)15(4-6-17)5-7-18/h2-3,17-18H,4-7H2,1H3. The van der Waals surface area contributed by atoms with E-state index >= 15 is 0 Å². The van der Waals surface area contributed by atoms with E-state index in [4.69, 9.17) is 10.2 Å². The zero-order valence-electron chi connectivity index (χ0n) is 10.5. The fourth-order valence-electron chi connectivity index (χ4n) is 1.69. The Kier molecular flexibility index (Phi) is 4.03. The highest BCUT2D eigenvalue weighted by Crippen LogP contribution is 2.04. The van der Waals surface area contributed by atoms with E-state index in [-0.39, 0.29) is 32.1 Å². The van der Waals surface area contributed by atoms with Crippen molar-refractivity contribution in [1.82, 2.24) is 24.5 Å². The topological polar surface area (TPSA) is 104 Å². The Morgan fingerprint density at radius 3 is 2.63 bits per heavy atom. The molecule has 0 saturated carbocycles. The van der Waals surface area contributed by atoms with Gasteiger partial charge >= 0.3 is 0 Å². The molecule has 2 aromatic heterocycles. The van der Waals surface area contributed by atoms with Gasteiger partial charge < -0.3 is 15.1 Å². The van der Waals surface area contributed by atoms with E-state index in [1.165, 1.54) is 9.42 Å². The molecule has 0 fully saturated rings. The van der Waals surface area contributed by atoms with Crippen LogP contribution in [-0.4, -0.2) is 66.9 Å². The molecule has 8 nitrogen and oxygen atoms in total. The third-order valence-corrected chi connectivity index (χ3v) is 2.65. The van der Waals surface area contributed by atoms with Gasteiger partial charge in [0.05, 0.1) is 13.2 Å². The van der Waals surface area contributed by atoms with Crippen LogP contribution in [-0.2, 0) is 0 Å². The number of carbonyl (C=O) groups is 1. The summed E-state index contributed by atoms with van der Waals surface area (Å²) in [5.74, 6) is -0.0898. The van der Waals surface area contributed by atoms with Crippen LogP contribution in [0.4, 0.5) is 0 Å². The van der Waals surface area contributed by atoms with Crippen LogP contribution in [0.1, 0.15) is 16.3 Å². The van der Waals surface area contributed by atoms with Crippen LogP contribution in [0.25, 0.3) is 5.78 Å². The first-order chi connectivity index (χ1) is 9.17. The number of aliphatic hydroxyl groups is 2.